The second kappa shape index (κ2) is 9.81. The Morgan fingerprint density at radius 2 is 1.87 bits per heavy atom. The summed E-state index contributed by atoms with van der Waals surface area (Å²) >= 11 is 1.45. The molecule has 3 amide bonds. The Hall–Kier alpha value is -2.41. The van der Waals surface area contributed by atoms with E-state index < -0.39 is 0 Å². The highest BCUT2D eigenvalue weighted by Gasteiger charge is 2.27. The van der Waals surface area contributed by atoms with Crippen LogP contribution in [-0.4, -0.2) is 47.3 Å². The lowest BCUT2D eigenvalue weighted by molar-refractivity contribution is -0.131. The fourth-order valence-electron chi connectivity index (χ4n) is 4.23. The van der Waals surface area contributed by atoms with Crippen molar-refractivity contribution in [3.05, 3.63) is 34.7 Å². The molecule has 1 aliphatic heterocycles. The minimum atomic E-state index is -0.347. The predicted molar refractivity (Wildman–Crippen MR) is 125 cm³/mol. The van der Waals surface area contributed by atoms with Crippen molar-refractivity contribution >= 4 is 39.1 Å². The van der Waals surface area contributed by atoms with Gasteiger partial charge in [0.05, 0.1) is 11.4 Å². The third-order valence-electron chi connectivity index (χ3n) is 5.55. The van der Waals surface area contributed by atoms with Crippen molar-refractivity contribution in [1.29, 1.82) is 0 Å². The molecule has 0 aliphatic carbocycles. The van der Waals surface area contributed by atoms with Gasteiger partial charge in [-0.25, -0.2) is 0 Å². The maximum absolute atomic E-state index is 13.1. The number of thiophene rings is 1. The van der Waals surface area contributed by atoms with Gasteiger partial charge < -0.3 is 15.5 Å². The molecule has 168 valence electrons. The number of nitrogens with zero attached hydrogens (tertiary/aromatic N) is 1. The van der Waals surface area contributed by atoms with Gasteiger partial charge in [-0.15, -0.1) is 11.3 Å². The standard InChI is InChI=1S/C24H33N3O3S/c1-16(28)27-13-9-5-6-10-17(27)14-19-18-11-7-8-12-20(18)31-22(19)23(30)25-15-21(29)26-24(2,3)4/h7-8,11-12,17H,5-6,9-10,13-15H2,1-4H3,(H,25,30)(H,26,29)/t17-/m0/s1. The first-order chi connectivity index (χ1) is 14.7. The lowest BCUT2D eigenvalue weighted by Gasteiger charge is -2.29. The van der Waals surface area contributed by atoms with Crippen LogP contribution in [0.15, 0.2) is 24.3 Å². The molecule has 0 radical (unpaired) electrons. The summed E-state index contributed by atoms with van der Waals surface area (Å²) < 4.78 is 1.05. The van der Waals surface area contributed by atoms with Crippen LogP contribution in [-0.2, 0) is 16.0 Å². The molecular weight excluding hydrogens is 410 g/mol. The molecule has 1 fully saturated rings. The minimum Gasteiger partial charge on any atom is -0.350 e. The third-order valence-corrected chi connectivity index (χ3v) is 6.76. The molecule has 7 heteroatoms. The van der Waals surface area contributed by atoms with Crippen molar-refractivity contribution in [1.82, 2.24) is 15.5 Å². The van der Waals surface area contributed by atoms with Gasteiger partial charge in [-0.2, -0.15) is 0 Å². The van der Waals surface area contributed by atoms with E-state index in [1.54, 1.807) is 6.92 Å². The number of hydrogen-bond donors (Lipinski definition) is 2. The van der Waals surface area contributed by atoms with Crippen molar-refractivity contribution in [2.75, 3.05) is 13.1 Å². The summed E-state index contributed by atoms with van der Waals surface area (Å²) in [5.74, 6) is -0.352. The number of nitrogens with one attached hydrogen (secondary N) is 2. The van der Waals surface area contributed by atoms with Gasteiger partial charge in [0.25, 0.3) is 5.91 Å². The summed E-state index contributed by atoms with van der Waals surface area (Å²) in [6.45, 7) is 8.06. The first-order valence-electron chi connectivity index (χ1n) is 11.0. The first-order valence-corrected chi connectivity index (χ1v) is 11.8. The van der Waals surface area contributed by atoms with Crippen LogP contribution in [0.2, 0.25) is 0 Å². The number of carbonyl (C=O) groups excluding carboxylic acids is 3. The molecule has 6 nitrogen and oxygen atoms in total. The van der Waals surface area contributed by atoms with Crippen molar-refractivity contribution in [3.63, 3.8) is 0 Å². The molecule has 3 rings (SSSR count). The van der Waals surface area contributed by atoms with Crippen molar-refractivity contribution in [3.8, 4) is 0 Å². The molecule has 31 heavy (non-hydrogen) atoms. The van der Waals surface area contributed by atoms with Crippen molar-refractivity contribution in [2.45, 2.75) is 71.4 Å². The van der Waals surface area contributed by atoms with Gasteiger partial charge in [-0.3, -0.25) is 14.4 Å². The van der Waals surface area contributed by atoms with Crippen LogP contribution in [0.1, 0.15) is 68.6 Å². The number of likely N-dealkylation sites (tertiary alicyclic amines) is 1. The lowest BCUT2D eigenvalue weighted by Crippen LogP contribution is -2.45. The summed E-state index contributed by atoms with van der Waals surface area (Å²) in [5.41, 5.74) is 0.632. The third kappa shape index (κ3) is 6.06. The lowest BCUT2D eigenvalue weighted by atomic mass is 9.98. The highest BCUT2D eigenvalue weighted by molar-refractivity contribution is 7.21. The smallest absolute Gasteiger partial charge is 0.262 e. The van der Waals surface area contributed by atoms with E-state index in [1.165, 1.54) is 11.3 Å². The number of benzene rings is 1. The quantitative estimate of drug-likeness (QED) is 0.736. The van der Waals surface area contributed by atoms with Crippen LogP contribution in [0.4, 0.5) is 0 Å². The van der Waals surface area contributed by atoms with E-state index in [0.29, 0.717) is 11.3 Å². The molecule has 1 aromatic heterocycles. The molecule has 2 heterocycles. The number of hydrogen-bond acceptors (Lipinski definition) is 4. The van der Waals surface area contributed by atoms with Crippen molar-refractivity contribution in [2.24, 2.45) is 0 Å². The Morgan fingerprint density at radius 1 is 1.13 bits per heavy atom. The summed E-state index contributed by atoms with van der Waals surface area (Å²) in [6.07, 6.45) is 4.84. The Bertz CT molecular complexity index is 961. The van der Waals surface area contributed by atoms with Gasteiger partial charge in [-0.1, -0.05) is 31.0 Å². The largest absolute Gasteiger partial charge is 0.350 e. The van der Waals surface area contributed by atoms with E-state index >= 15 is 0 Å². The van der Waals surface area contributed by atoms with Crippen LogP contribution < -0.4 is 10.6 Å². The summed E-state index contributed by atoms with van der Waals surface area (Å²) in [4.78, 5) is 40.1. The fraction of sp³-hybridized carbons (Fsp3) is 0.542. The Morgan fingerprint density at radius 3 is 2.58 bits per heavy atom. The van der Waals surface area contributed by atoms with E-state index in [9.17, 15) is 14.4 Å². The summed E-state index contributed by atoms with van der Waals surface area (Å²) in [6, 6.07) is 8.09. The van der Waals surface area contributed by atoms with Gasteiger partial charge in [0, 0.05) is 29.7 Å². The van der Waals surface area contributed by atoms with Crippen LogP contribution in [0.25, 0.3) is 10.1 Å². The molecule has 2 aromatic rings. The second-order valence-electron chi connectivity index (χ2n) is 9.31. The first kappa shape index (κ1) is 23.3. The Balaban J connectivity index is 1.85. The molecule has 0 bridgehead atoms. The normalized spacial score (nSPS) is 17.3. The van der Waals surface area contributed by atoms with E-state index in [2.05, 4.69) is 10.6 Å². The monoisotopic (exact) mass is 443 g/mol. The van der Waals surface area contributed by atoms with E-state index in [0.717, 1.165) is 47.9 Å². The van der Waals surface area contributed by atoms with Gasteiger partial charge in [0.2, 0.25) is 11.8 Å². The SMILES string of the molecule is CC(=O)N1CCCCC[C@H]1Cc1c(C(=O)NCC(=O)NC(C)(C)C)sc2ccccc12. The maximum Gasteiger partial charge on any atom is 0.262 e. The highest BCUT2D eigenvalue weighted by Crippen LogP contribution is 2.34. The molecule has 1 saturated heterocycles. The zero-order valence-electron chi connectivity index (χ0n) is 18.9. The average Bonchev–Trinajstić information content (AvgIpc) is 2.88. The Kier molecular flexibility index (Phi) is 7.36. The molecule has 0 saturated carbocycles. The highest BCUT2D eigenvalue weighted by atomic mass is 32.1. The van der Waals surface area contributed by atoms with Gasteiger partial charge in [-0.05, 0) is 57.0 Å². The fourth-order valence-corrected chi connectivity index (χ4v) is 5.38. The van der Waals surface area contributed by atoms with Crippen LogP contribution in [0.5, 0.6) is 0 Å². The number of carbonyl (C=O) groups is 3. The van der Waals surface area contributed by atoms with E-state index in [-0.39, 0.29) is 35.8 Å². The molecule has 1 atom stereocenters. The van der Waals surface area contributed by atoms with Crippen molar-refractivity contribution < 1.29 is 14.4 Å². The maximum atomic E-state index is 13.1. The minimum absolute atomic E-state index is 0.0627. The van der Waals surface area contributed by atoms with E-state index in [1.807, 2.05) is 49.9 Å². The van der Waals surface area contributed by atoms with Crippen LogP contribution in [0, 0.1) is 0 Å². The Labute approximate surface area is 188 Å². The summed E-state index contributed by atoms with van der Waals surface area (Å²) in [7, 11) is 0. The number of fused-ring (bicyclic) bond motifs is 1. The van der Waals surface area contributed by atoms with Gasteiger partial charge in [0.1, 0.15) is 0 Å². The predicted octanol–water partition coefficient (Wildman–Crippen LogP) is 3.88. The van der Waals surface area contributed by atoms with E-state index in [4.69, 9.17) is 0 Å². The molecular formula is C24H33N3O3S. The van der Waals surface area contributed by atoms with Crippen LogP contribution in [0.3, 0.4) is 0 Å². The zero-order chi connectivity index (χ0) is 22.6. The second-order valence-corrected chi connectivity index (χ2v) is 10.4. The van der Waals surface area contributed by atoms with Gasteiger partial charge in [0.15, 0.2) is 0 Å². The molecule has 0 spiro atoms. The average molecular weight is 444 g/mol. The molecule has 2 N–H and O–H groups in total. The van der Waals surface area contributed by atoms with Gasteiger partial charge >= 0.3 is 0 Å². The summed E-state index contributed by atoms with van der Waals surface area (Å²) in [5, 5.41) is 6.71. The molecule has 1 aromatic carbocycles. The van der Waals surface area contributed by atoms with Crippen LogP contribution >= 0.6 is 11.3 Å². The molecule has 1 aliphatic rings. The molecule has 0 unspecified atom stereocenters. The topological polar surface area (TPSA) is 78.5 Å². The number of amides is 3. The zero-order valence-corrected chi connectivity index (χ0v) is 19.7. The number of rotatable bonds is 5.